The Morgan fingerprint density at radius 2 is 2.05 bits per heavy atom. The summed E-state index contributed by atoms with van der Waals surface area (Å²) < 4.78 is 13.3. The van der Waals surface area contributed by atoms with Crippen LogP contribution in [0.15, 0.2) is 47.5 Å². The van der Waals surface area contributed by atoms with Crippen molar-refractivity contribution >= 4 is 23.4 Å². The number of guanidine groups is 1. The molecule has 0 aromatic heterocycles. The number of hydrogen-bond donors (Lipinski definition) is 2. The molecule has 0 radical (unpaired) electrons. The van der Waals surface area contributed by atoms with Crippen LogP contribution in [0.4, 0.5) is 10.1 Å². The van der Waals surface area contributed by atoms with Crippen molar-refractivity contribution in [3.05, 3.63) is 65.0 Å². The van der Waals surface area contributed by atoms with Gasteiger partial charge in [-0.1, -0.05) is 18.2 Å². The monoisotopic (exact) mass is 317 g/mol. The highest BCUT2D eigenvalue weighted by atomic mass is 32.2. The van der Waals surface area contributed by atoms with Gasteiger partial charge in [-0.25, -0.2) is 9.38 Å². The van der Waals surface area contributed by atoms with Gasteiger partial charge in [0.1, 0.15) is 5.82 Å². The normalized spacial score (nSPS) is 11.5. The van der Waals surface area contributed by atoms with E-state index in [0.29, 0.717) is 12.5 Å². The molecule has 0 atom stereocenters. The molecule has 0 saturated heterocycles. The first kappa shape index (κ1) is 16.4. The SMILES string of the molecule is CSCc1cc(F)ccc1CN=C(N)Nc1cccc(C)c1. The maximum Gasteiger partial charge on any atom is 0.193 e. The Balaban J connectivity index is 2.07. The third-order valence-corrected chi connectivity index (χ3v) is 3.78. The van der Waals surface area contributed by atoms with E-state index < -0.39 is 0 Å². The Hall–Kier alpha value is -2.01. The minimum Gasteiger partial charge on any atom is -0.370 e. The average molecular weight is 317 g/mol. The van der Waals surface area contributed by atoms with Crippen LogP contribution in [0, 0.1) is 12.7 Å². The second kappa shape index (κ2) is 7.84. The summed E-state index contributed by atoms with van der Waals surface area (Å²) in [4.78, 5) is 4.34. The molecule has 0 bridgehead atoms. The van der Waals surface area contributed by atoms with Crippen molar-refractivity contribution in [2.75, 3.05) is 11.6 Å². The van der Waals surface area contributed by atoms with Crippen LogP contribution in [0.25, 0.3) is 0 Å². The van der Waals surface area contributed by atoms with Crippen molar-refractivity contribution in [3.63, 3.8) is 0 Å². The van der Waals surface area contributed by atoms with Gasteiger partial charge in [0.05, 0.1) is 6.54 Å². The van der Waals surface area contributed by atoms with Crippen molar-refractivity contribution in [2.45, 2.75) is 19.2 Å². The van der Waals surface area contributed by atoms with E-state index in [0.717, 1.165) is 28.1 Å². The number of thioether (sulfide) groups is 1. The lowest BCUT2D eigenvalue weighted by atomic mass is 10.1. The number of aliphatic imine (C=N–C) groups is 1. The van der Waals surface area contributed by atoms with Crippen LogP contribution < -0.4 is 11.1 Å². The summed E-state index contributed by atoms with van der Waals surface area (Å²) in [5.41, 5.74) is 9.92. The van der Waals surface area contributed by atoms with Crippen LogP contribution in [0.5, 0.6) is 0 Å². The van der Waals surface area contributed by atoms with E-state index in [-0.39, 0.29) is 5.82 Å². The summed E-state index contributed by atoms with van der Waals surface area (Å²) in [6.45, 7) is 2.45. The molecule has 0 aliphatic carbocycles. The first-order valence-corrected chi connectivity index (χ1v) is 8.37. The molecule has 116 valence electrons. The number of nitrogens with zero attached hydrogens (tertiary/aromatic N) is 1. The van der Waals surface area contributed by atoms with E-state index in [1.807, 2.05) is 37.4 Å². The second-order valence-corrected chi connectivity index (χ2v) is 5.91. The Kier molecular flexibility index (Phi) is 5.83. The number of hydrogen-bond acceptors (Lipinski definition) is 2. The number of anilines is 1. The van der Waals surface area contributed by atoms with Gasteiger partial charge in [-0.2, -0.15) is 11.8 Å². The second-order valence-electron chi connectivity index (χ2n) is 5.04. The van der Waals surface area contributed by atoms with Crippen LogP contribution in [0.3, 0.4) is 0 Å². The van der Waals surface area contributed by atoms with E-state index >= 15 is 0 Å². The molecule has 2 aromatic rings. The lowest BCUT2D eigenvalue weighted by Gasteiger charge is -2.09. The van der Waals surface area contributed by atoms with Crippen LogP contribution >= 0.6 is 11.8 Å². The predicted molar refractivity (Wildman–Crippen MR) is 93.7 cm³/mol. The number of halogens is 1. The molecule has 0 fully saturated rings. The molecular formula is C17H20FN3S. The molecule has 0 saturated carbocycles. The van der Waals surface area contributed by atoms with E-state index in [1.54, 1.807) is 23.9 Å². The van der Waals surface area contributed by atoms with Gasteiger partial charge >= 0.3 is 0 Å². The van der Waals surface area contributed by atoms with Crippen molar-refractivity contribution < 1.29 is 4.39 Å². The molecular weight excluding hydrogens is 297 g/mol. The van der Waals surface area contributed by atoms with Crippen molar-refractivity contribution in [3.8, 4) is 0 Å². The first-order valence-electron chi connectivity index (χ1n) is 6.98. The highest BCUT2D eigenvalue weighted by molar-refractivity contribution is 7.97. The molecule has 5 heteroatoms. The maximum absolute atomic E-state index is 13.3. The summed E-state index contributed by atoms with van der Waals surface area (Å²) in [5, 5.41) is 3.06. The molecule has 3 N–H and O–H groups in total. The zero-order valence-electron chi connectivity index (χ0n) is 12.8. The molecule has 0 aliphatic heterocycles. The van der Waals surface area contributed by atoms with Gasteiger partial charge in [-0.15, -0.1) is 0 Å². The Morgan fingerprint density at radius 3 is 2.77 bits per heavy atom. The van der Waals surface area contributed by atoms with Gasteiger partial charge in [-0.05, 0) is 54.1 Å². The highest BCUT2D eigenvalue weighted by Crippen LogP contribution is 2.17. The van der Waals surface area contributed by atoms with E-state index in [4.69, 9.17) is 5.73 Å². The predicted octanol–water partition coefficient (Wildman–Crippen LogP) is 3.92. The third-order valence-electron chi connectivity index (χ3n) is 3.18. The lowest BCUT2D eigenvalue weighted by molar-refractivity contribution is 0.625. The topological polar surface area (TPSA) is 50.4 Å². The molecule has 0 aliphatic rings. The third kappa shape index (κ3) is 4.77. The fraction of sp³-hybridized carbons (Fsp3) is 0.235. The number of rotatable bonds is 5. The molecule has 2 aromatic carbocycles. The largest absolute Gasteiger partial charge is 0.370 e. The summed E-state index contributed by atoms with van der Waals surface area (Å²) in [5.74, 6) is 0.890. The zero-order valence-corrected chi connectivity index (χ0v) is 13.6. The molecule has 3 nitrogen and oxygen atoms in total. The van der Waals surface area contributed by atoms with Crippen LogP contribution in [-0.4, -0.2) is 12.2 Å². The van der Waals surface area contributed by atoms with Crippen molar-refractivity contribution in [1.82, 2.24) is 0 Å². The lowest BCUT2D eigenvalue weighted by Crippen LogP contribution is -2.22. The zero-order chi connectivity index (χ0) is 15.9. The molecule has 0 amide bonds. The number of benzene rings is 2. The van der Waals surface area contributed by atoms with Gasteiger partial charge in [0, 0.05) is 11.4 Å². The van der Waals surface area contributed by atoms with Gasteiger partial charge < -0.3 is 11.1 Å². The minimum absolute atomic E-state index is 0.220. The fourth-order valence-corrected chi connectivity index (χ4v) is 2.70. The highest BCUT2D eigenvalue weighted by Gasteiger charge is 2.04. The summed E-state index contributed by atoms with van der Waals surface area (Å²) in [6, 6.07) is 12.7. The van der Waals surface area contributed by atoms with Crippen LogP contribution in [0.1, 0.15) is 16.7 Å². The standard InChI is InChI=1S/C17H20FN3S/c1-12-4-3-5-16(8-12)21-17(19)20-10-13-6-7-15(18)9-14(13)11-22-2/h3-9H,10-11H2,1-2H3,(H3,19,20,21). The van der Waals surface area contributed by atoms with Crippen molar-refractivity contribution in [2.24, 2.45) is 10.7 Å². The molecule has 0 unspecified atom stereocenters. The number of nitrogens with one attached hydrogen (secondary N) is 1. The average Bonchev–Trinajstić information content (AvgIpc) is 2.47. The van der Waals surface area contributed by atoms with E-state index in [9.17, 15) is 4.39 Å². The van der Waals surface area contributed by atoms with Gasteiger partial charge in [0.25, 0.3) is 0 Å². The maximum atomic E-state index is 13.3. The van der Waals surface area contributed by atoms with E-state index in [1.165, 1.54) is 6.07 Å². The van der Waals surface area contributed by atoms with Crippen LogP contribution in [-0.2, 0) is 12.3 Å². The van der Waals surface area contributed by atoms with Crippen LogP contribution in [0.2, 0.25) is 0 Å². The Morgan fingerprint density at radius 1 is 1.23 bits per heavy atom. The summed E-state index contributed by atoms with van der Waals surface area (Å²) in [7, 11) is 0. The minimum atomic E-state index is -0.220. The summed E-state index contributed by atoms with van der Waals surface area (Å²) >= 11 is 1.65. The first-order chi connectivity index (χ1) is 10.6. The van der Waals surface area contributed by atoms with Gasteiger partial charge in [0.2, 0.25) is 0 Å². The number of aryl methyl sites for hydroxylation is 1. The van der Waals surface area contributed by atoms with Gasteiger partial charge in [0.15, 0.2) is 5.96 Å². The fourth-order valence-electron chi connectivity index (χ4n) is 2.12. The quantitative estimate of drug-likeness (QED) is 0.649. The Bertz CT molecular complexity index is 671. The molecule has 2 rings (SSSR count). The van der Waals surface area contributed by atoms with Gasteiger partial charge in [-0.3, -0.25) is 0 Å². The van der Waals surface area contributed by atoms with Crippen molar-refractivity contribution in [1.29, 1.82) is 0 Å². The molecule has 0 heterocycles. The molecule has 0 spiro atoms. The summed E-state index contributed by atoms with van der Waals surface area (Å²) in [6.07, 6.45) is 1.99. The smallest absolute Gasteiger partial charge is 0.193 e. The number of nitrogens with two attached hydrogens (primary N) is 1. The Labute approximate surface area is 134 Å². The van der Waals surface area contributed by atoms with E-state index in [2.05, 4.69) is 10.3 Å². The molecule has 22 heavy (non-hydrogen) atoms.